The zero-order chi connectivity index (χ0) is 9.60. The molecule has 2 aliphatic rings. The van der Waals surface area contributed by atoms with Crippen LogP contribution in [-0.2, 0) is 9.05 Å². The van der Waals surface area contributed by atoms with E-state index in [0.717, 1.165) is 0 Å². The number of benzene rings is 1. The Balaban J connectivity index is 1.91. The molecule has 74 valence electrons. The van der Waals surface area contributed by atoms with Crippen LogP contribution in [0.3, 0.4) is 0 Å². The zero-order valence-electron chi connectivity index (χ0n) is 7.67. The van der Waals surface area contributed by atoms with Gasteiger partial charge >= 0.3 is 8.17 Å². The molecule has 2 heterocycles. The van der Waals surface area contributed by atoms with Crippen molar-refractivity contribution in [1.29, 1.82) is 0 Å². The first-order valence-electron chi connectivity index (χ1n) is 4.48. The molecule has 1 spiro atoms. The molecule has 0 saturated carbocycles. The van der Waals surface area contributed by atoms with Crippen molar-refractivity contribution in [2.24, 2.45) is 0 Å². The van der Waals surface area contributed by atoms with Crippen LogP contribution >= 0.6 is 8.17 Å². The summed E-state index contributed by atoms with van der Waals surface area (Å²) in [4.78, 5) is 0. The maximum Gasteiger partial charge on any atom is 0.669 e. The van der Waals surface area contributed by atoms with E-state index in [9.17, 15) is 0 Å². The summed E-state index contributed by atoms with van der Waals surface area (Å²) >= 11 is 0. The van der Waals surface area contributed by atoms with E-state index >= 15 is 0 Å². The molecule has 0 radical (unpaired) electrons. The van der Waals surface area contributed by atoms with Crippen LogP contribution < -0.4 is 9.05 Å². The van der Waals surface area contributed by atoms with E-state index in [1.807, 2.05) is 31.2 Å². The van der Waals surface area contributed by atoms with Crippen LogP contribution in [0.4, 0.5) is 0 Å². The maximum atomic E-state index is 5.57. The highest BCUT2D eigenvalue weighted by Gasteiger charge is 2.63. The molecule has 0 N–H and O–H groups in total. The Morgan fingerprint density at radius 2 is 1.86 bits per heavy atom. The normalized spacial score (nSPS) is 27.1. The highest BCUT2D eigenvalue weighted by molar-refractivity contribution is 7.57. The van der Waals surface area contributed by atoms with Gasteiger partial charge in [0.15, 0.2) is 0 Å². The fourth-order valence-corrected chi connectivity index (χ4v) is 3.40. The Bertz CT molecular complexity index is 343. The molecule has 1 aromatic rings. The van der Waals surface area contributed by atoms with E-state index in [2.05, 4.69) is 0 Å². The molecule has 1 fully saturated rings. The summed E-state index contributed by atoms with van der Waals surface area (Å²) in [6, 6.07) is 7.48. The second-order valence-electron chi connectivity index (χ2n) is 3.29. The Labute approximate surface area is 82.4 Å². The summed E-state index contributed by atoms with van der Waals surface area (Å²) < 4.78 is 22.1. The lowest BCUT2D eigenvalue weighted by atomic mass is 10.3. The molecule has 1 unspecified atom stereocenters. The Hall–Kier alpha value is -0.830. The number of rotatable bonds is 0. The SMILES string of the molecule is CC1CO[P+]2(Oc3ccccc3O2)O1. The van der Waals surface area contributed by atoms with Gasteiger partial charge < -0.3 is 0 Å². The molecule has 1 aromatic carbocycles. The first kappa shape index (κ1) is 8.48. The van der Waals surface area contributed by atoms with E-state index in [-0.39, 0.29) is 6.10 Å². The predicted molar refractivity (Wildman–Crippen MR) is 51.1 cm³/mol. The van der Waals surface area contributed by atoms with Gasteiger partial charge in [-0.25, -0.2) is 9.05 Å². The molecule has 5 heteroatoms. The minimum atomic E-state index is -2.54. The molecule has 0 aliphatic carbocycles. The molecular formula is C9H10O4P+. The summed E-state index contributed by atoms with van der Waals surface area (Å²) in [5.41, 5.74) is 0. The predicted octanol–water partition coefficient (Wildman–Crippen LogP) is 2.57. The second-order valence-corrected chi connectivity index (χ2v) is 5.02. The molecule has 1 saturated heterocycles. The highest BCUT2D eigenvalue weighted by atomic mass is 31.2. The Kier molecular flexibility index (Phi) is 1.71. The molecule has 14 heavy (non-hydrogen) atoms. The standard InChI is InChI=1S/C9H10O4P/c1-7-6-10-14(11-7)12-8-4-2-3-5-9(8)13-14/h2-5,7H,6H2,1H3/q+1. The van der Waals surface area contributed by atoms with Crippen LogP contribution in [0.5, 0.6) is 11.5 Å². The van der Waals surface area contributed by atoms with Gasteiger partial charge in [-0.1, -0.05) is 12.1 Å². The van der Waals surface area contributed by atoms with E-state index in [4.69, 9.17) is 18.1 Å². The van der Waals surface area contributed by atoms with Gasteiger partial charge in [0.2, 0.25) is 11.5 Å². The Morgan fingerprint density at radius 3 is 2.36 bits per heavy atom. The quantitative estimate of drug-likeness (QED) is 0.620. The number of hydrogen-bond acceptors (Lipinski definition) is 4. The molecule has 2 aliphatic heterocycles. The topological polar surface area (TPSA) is 36.9 Å². The van der Waals surface area contributed by atoms with Crippen LogP contribution in [0.15, 0.2) is 24.3 Å². The lowest BCUT2D eigenvalue weighted by Gasteiger charge is -2.04. The third-order valence-corrected chi connectivity index (χ3v) is 3.97. The van der Waals surface area contributed by atoms with E-state index in [0.29, 0.717) is 18.1 Å². The average molecular weight is 213 g/mol. The molecule has 0 aromatic heterocycles. The Morgan fingerprint density at radius 1 is 1.21 bits per heavy atom. The first-order chi connectivity index (χ1) is 6.77. The van der Waals surface area contributed by atoms with Gasteiger partial charge in [0.05, 0.1) is 0 Å². The van der Waals surface area contributed by atoms with Crippen molar-refractivity contribution in [2.45, 2.75) is 13.0 Å². The van der Waals surface area contributed by atoms with Gasteiger partial charge in [0.1, 0.15) is 12.7 Å². The summed E-state index contributed by atoms with van der Waals surface area (Å²) in [6.45, 7) is 2.46. The molecule has 1 atom stereocenters. The van der Waals surface area contributed by atoms with Crippen LogP contribution in [0, 0.1) is 0 Å². The minimum Gasteiger partial charge on any atom is -0.250 e. The molecule has 3 rings (SSSR count). The van der Waals surface area contributed by atoms with Gasteiger partial charge in [0, 0.05) is 0 Å². The smallest absolute Gasteiger partial charge is 0.250 e. The lowest BCUT2D eigenvalue weighted by molar-refractivity contribution is 0.228. The average Bonchev–Trinajstić information content (AvgIpc) is 2.69. The van der Waals surface area contributed by atoms with Crippen molar-refractivity contribution in [1.82, 2.24) is 0 Å². The van der Waals surface area contributed by atoms with E-state index in [1.54, 1.807) is 0 Å². The summed E-state index contributed by atoms with van der Waals surface area (Å²) in [5, 5.41) is 0. The lowest BCUT2D eigenvalue weighted by Crippen LogP contribution is -2.04. The largest absolute Gasteiger partial charge is 0.669 e. The van der Waals surface area contributed by atoms with Gasteiger partial charge in [-0.15, -0.1) is 9.05 Å². The molecule has 0 bridgehead atoms. The molecule has 4 nitrogen and oxygen atoms in total. The zero-order valence-corrected chi connectivity index (χ0v) is 8.57. The van der Waals surface area contributed by atoms with E-state index < -0.39 is 8.17 Å². The third kappa shape index (κ3) is 1.19. The fourth-order valence-electron chi connectivity index (χ4n) is 1.43. The van der Waals surface area contributed by atoms with E-state index in [1.165, 1.54) is 0 Å². The van der Waals surface area contributed by atoms with Crippen LogP contribution in [0.1, 0.15) is 6.92 Å². The van der Waals surface area contributed by atoms with Crippen molar-refractivity contribution in [2.75, 3.05) is 6.61 Å². The number of para-hydroxylation sites is 2. The van der Waals surface area contributed by atoms with Crippen LogP contribution in [0.25, 0.3) is 0 Å². The van der Waals surface area contributed by atoms with Crippen molar-refractivity contribution in [3.8, 4) is 11.5 Å². The summed E-state index contributed by atoms with van der Waals surface area (Å²) in [7, 11) is -2.54. The fraction of sp³-hybridized carbons (Fsp3) is 0.333. The summed E-state index contributed by atoms with van der Waals surface area (Å²) in [5.74, 6) is 1.41. The summed E-state index contributed by atoms with van der Waals surface area (Å²) in [6.07, 6.45) is 0.0395. The molecular weight excluding hydrogens is 203 g/mol. The van der Waals surface area contributed by atoms with Crippen LogP contribution in [0.2, 0.25) is 0 Å². The van der Waals surface area contributed by atoms with Gasteiger partial charge in [0.25, 0.3) is 0 Å². The first-order valence-corrected chi connectivity index (χ1v) is 5.94. The second kappa shape index (κ2) is 2.83. The van der Waals surface area contributed by atoms with Gasteiger partial charge in [-0.05, 0) is 19.1 Å². The monoisotopic (exact) mass is 213 g/mol. The van der Waals surface area contributed by atoms with Gasteiger partial charge in [-0.2, -0.15) is 0 Å². The third-order valence-electron chi connectivity index (χ3n) is 2.05. The van der Waals surface area contributed by atoms with Crippen LogP contribution in [-0.4, -0.2) is 12.7 Å². The van der Waals surface area contributed by atoms with Crippen molar-refractivity contribution >= 4 is 8.17 Å². The highest BCUT2D eigenvalue weighted by Crippen LogP contribution is 2.71. The van der Waals surface area contributed by atoms with Crippen molar-refractivity contribution < 1.29 is 18.1 Å². The molecule has 0 amide bonds. The van der Waals surface area contributed by atoms with Crippen molar-refractivity contribution in [3.63, 3.8) is 0 Å². The minimum absolute atomic E-state index is 0.0395. The van der Waals surface area contributed by atoms with Crippen molar-refractivity contribution in [3.05, 3.63) is 24.3 Å². The van der Waals surface area contributed by atoms with Gasteiger partial charge in [-0.3, -0.25) is 0 Å². The maximum absolute atomic E-state index is 5.57. The number of fused-ring (bicyclic) bond motifs is 1. The number of hydrogen-bond donors (Lipinski definition) is 0.